The van der Waals surface area contributed by atoms with E-state index in [0.717, 1.165) is 23.6 Å². The van der Waals surface area contributed by atoms with Crippen molar-refractivity contribution in [1.29, 1.82) is 0 Å². The summed E-state index contributed by atoms with van der Waals surface area (Å²) in [7, 11) is 0. The molecule has 0 aliphatic carbocycles. The van der Waals surface area contributed by atoms with Crippen molar-refractivity contribution in [1.82, 2.24) is 4.57 Å². The zero-order valence-corrected chi connectivity index (χ0v) is 12.8. The first-order chi connectivity index (χ1) is 10.1. The van der Waals surface area contributed by atoms with Crippen LogP contribution in [-0.4, -0.2) is 4.57 Å². The van der Waals surface area contributed by atoms with Crippen LogP contribution in [0.1, 0.15) is 12.7 Å². The second-order valence-corrected chi connectivity index (χ2v) is 5.31. The fourth-order valence-corrected chi connectivity index (χ4v) is 2.99. The van der Waals surface area contributed by atoms with Gasteiger partial charge in [0.25, 0.3) is 5.82 Å². The molecule has 0 atom stereocenters. The molecule has 4 heteroatoms. The molecule has 0 N–H and O–H groups in total. The minimum absolute atomic E-state index is 0.0408. The third-order valence-electron chi connectivity index (χ3n) is 3.75. The van der Waals surface area contributed by atoms with Crippen LogP contribution in [0.15, 0.2) is 53.3 Å². The Labute approximate surface area is 128 Å². The number of rotatable bonds is 2. The summed E-state index contributed by atoms with van der Waals surface area (Å²) >= 11 is 6.28. The molecule has 0 spiro atoms. The molecule has 0 radical (unpaired) electrons. The van der Waals surface area contributed by atoms with E-state index in [9.17, 15) is 4.79 Å². The minimum Gasteiger partial charge on any atom is -0.240 e. The molecule has 1 aromatic heterocycles. The van der Waals surface area contributed by atoms with Crippen LogP contribution in [0.4, 0.5) is 0 Å². The molecular formula is C17H16ClN2O+. The van der Waals surface area contributed by atoms with Crippen LogP contribution in [-0.2, 0) is 6.54 Å². The van der Waals surface area contributed by atoms with Gasteiger partial charge >= 0.3 is 5.56 Å². The molecule has 0 aliphatic rings. The van der Waals surface area contributed by atoms with Gasteiger partial charge in [0, 0.05) is 6.92 Å². The topological polar surface area (TPSA) is 25.9 Å². The molecule has 0 unspecified atom stereocenters. The Hall–Kier alpha value is -2.13. The van der Waals surface area contributed by atoms with E-state index in [1.54, 1.807) is 10.6 Å². The van der Waals surface area contributed by atoms with E-state index in [2.05, 4.69) is 11.5 Å². The number of para-hydroxylation sites is 2. The molecule has 0 bridgehead atoms. The maximum Gasteiger partial charge on any atom is 0.350 e. The van der Waals surface area contributed by atoms with Crippen LogP contribution in [0, 0.1) is 6.92 Å². The molecule has 0 fully saturated rings. The molecular weight excluding hydrogens is 284 g/mol. The fourth-order valence-electron chi connectivity index (χ4n) is 2.77. The Morgan fingerprint density at radius 1 is 1.10 bits per heavy atom. The maximum atomic E-state index is 12.9. The van der Waals surface area contributed by atoms with Crippen LogP contribution in [0.3, 0.4) is 0 Å². The number of nitrogens with zero attached hydrogens (tertiary/aromatic N) is 2. The number of halogens is 1. The van der Waals surface area contributed by atoms with Crippen LogP contribution in [0.25, 0.3) is 16.6 Å². The van der Waals surface area contributed by atoms with Gasteiger partial charge in [-0.15, -0.1) is 0 Å². The van der Waals surface area contributed by atoms with Gasteiger partial charge in [0.15, 0.2) is 5.69 Å². The Kier molecular flexibility index (Phi) is 3.52. The predicted molar refractivity (Wildman–Crippen MR) is 85.2 cm³/mol. The van der Waals surface area contributed by atoms with Crippen LogP contribution in [0.2, 0.25) is 5.02 Å². The zero-order valence-electron chi connectivity index (χ0n) is 12.0. The summed E-state index contributed by atoms with van der Waals surface area (Å²) < 4.78 is 3.81. The zero-order chi connectivity index (χ0) is 15.0. The first kappa shape index (κ1) is 13.8. The average Bonchev–Trinajstić information content (AvgIpc) is 2.50. The van der Waals surface area contributed by atoms with Crippen molar-refractivity contribution in [3.8, 4) is 5.69 Å². The van der Waals surface area contributed by atoms with Crippen molar-refractivity contribution in [3.63, 3.8) is 0 Å². The van der Waals surface area contributed by atoms with E-state index in [4.69, 9.17) is 11.6 Å². The summed E-state index contributed by atoms with van der Waals surface area (Å²) in [5, 5.41) is 1.27. The van der Waals surface area contributed by atoms with Crippen LogP contribution in [0.5, 0.6) is 0 Å². The summed E-state index contributed by atoms with van der Waals surface area (Å²) in [5.74, 6) is 0.870. The highest BCUT2D eigenvalue weighted by Gasteiger charge is 2.22. The fraction of sp³-hybridized carbons (Fsp3) is 0.176. The first-order valence-electron chi connectivity index (χ1n) is 6.94. The first-order valence-corrected chi connectivity index (χ1v) is 7.32. The van der Waals surface area contributed by atoms with Crippen molar-refractivity contribution in [2.24, 2.45) is 0 Å². The molecule has 3 nitrogen and oxygen atoms in total. The summed E-state index contributed by atoms with van der Waals surface area (Å²) in [5.41, 5.74) is 1.63. The smallest absolute Gasteiger partial charge is 0.240 e. The second kappa shape index (κ2) is 5.34. The van der Waals surface area contributed by atoms with Crippen molar-refractivity contribution in [2.45, 2.75) is 20.4 Å². The largest absolute Gasteiger partial charge is 0.350 e. The number of aromatic nitrogens is 2. The van der Waals surface area contributed by atoms with Crippen molar-refractivity contribution in [2.75, 3.05) is 0 Å². The molecule has 1 heterocycles. The van der Waals surface area contributed by atoms with Gasteiger partial charge in [-0.2, -0.15) is 4.57 Å². The number of hydrogen-bond donors (Lipinski definition) is 0. The lowest BCUT2D eigenvalue weighted by atomic mass is 10.2. The van der Waals surface area contributed by atoms with Gasteiger partial charge in [0.2, 0.25) is 0 Å². The van der Waals surface area contributed by atoms with Crippen molar-refractivity contribution >= 4 is 22.5 Å². The summed E-state index contributed by atoms with van der Waals surface area (Å²) in [6.45, 7) is 4.80. The van der Waals surface area contributed by atoms with Gasteiger partial charge in [-0.3, -0.25) is 0 Å². The highest BCUT2D eigenvalue weighted by Crippen LogP contribution is 2.20. The van der Waals surface area contributed by atoms with Crippen molar-refractivity contribution < 1.29 is 4.57 Å². The Balaban J connectivity index is 2.50. The molecule has 0 aliphatic heterocycles. The van der Waals surface area contributed by atoms with E-state index >= 15 is 0 Å². The maximum absolute atomic E-state index is 12.9. The lowest BCUT2D eigenvalue weighted by Crippen LogP contribution is -2.44. The lowest BCUT2D eigenvalue weighted by molar-refractivity contribution is -0.678. The predicted octanol–water partition coefficient (Wildman–Crippen LogP) is 3.26. The van der Waals surface area contributed by atoms with Gasteiger partial charge in [-0.05, 0) is 31.2 Å². The SMILES string of the molecule is CC[n+]1c(C)n(-c2ccccc2Cl)c(=O)c2ccccc21. The Morgan fingerprint density at radius 3 is 2.48 bits per heavy atom. The van der Waals surface area contributed by atoms with Gasteiger partial charge < -0.3 is 0 Å². The van der Waals surface area contributed by atoms with E-state index in [1.165, 1.54) is 0 Å². The monoisotopic (exact) mass is 299 g/mol. The van der Waals surface area contributed by atoms with E-state index in [0.29, 0.717) is 10.4 Å². The molecule has 3 rings (SSSR count). The minimum atomic E-state index is -0.0408. The summed E-state index contributed by atoms with van der Waals surface area (Å²) in [6.07, 6.45) is 0. The van der Waals surface area contributed by atoms with Crippen LogP contribution >= 0.6 is 11.6 Å². The Bertz CT molecular complexity index is 884. The van der Waals surface area contributed by atoms with Gasteiger partial charge in [-0.1, -0.05) is 35.9 Å². The highest BCUT2D eigenvalue weighted by atomic mass is 35.5. The van der Waals surface area contributed by atoms with Gasteiger partial charge in [0.05, 0.1) is 11.6 Å². The summed E-state index contributed by atoms with van der Waals surface area (Å²) in [6, 6.07) is 15.1. The second-order valence-electron chi connectivity index (χ2n) is 4.90. The molecule has 3 aromatic rings. The normalized spacial score (nSPS) is 11.0. The number of aryl methyl sites for hydroxylation is 1. The molecule has 106 valence electrons. The van der Waals surface area contributed by atoms with Gasteiger partial charge in [0.1, 0.15) is 10.9 Å². The van der Waals surface area contributed by atoms with E-state index in [1.807, 2.05) is 49.4 Å². The molecule has 0 saturated heterocycles. The Morgan fingerprint density at radius 2 is 1.76 bits per heavy atom. The lowest BCUT2D eigenvalue weighted by Gasteiger charge is -2.11. The quantitative estimate of drug-likeness (QED) is 0.667. The number of benzene rings is 2. The third kappa shape index (κ3) is 2.14. The van der Waals surface area contributed by atoms with Gasteiger partial charge in [-0.25, -0.2) is 9.36 Å². The molecule has 0 amide bonds. The number of fused-ring (bicyclic) bond motifs is 1. The third-order valence-corrected chi connectivity index (χ3v) is 4.07. The molecule has 21 heavy (non-hydrogen) atoms. The van der Waals surface area contributed by atoms with E-state index in [-0.39, 0.29) is 5.56 Å². The highest BCUT2D eigenvalue weighted by molar-refractivity contribution is 6.32. The molecule has 0 saturated carbocycles. The standard InChI is InChI=1S/C17H16ClN2O/c1-3-19-12(2)20(16-11-7-5-9-14(16)18)17(21)13-8-4-6-10-15(13)19/h4-11H,3H2,1-2H3/q+1. The average molecular weight is 300 g/mol. The van der Waals surface area contributed by atoms with E-state index < -0.39 is 0 Å². The summed E-state index contributed by atoms with van der Waals surface area (Å²) in [4.78, 5) is 12.9. The molecule has 2 aromatic carbocycles. The van der Waals surface area contributed by atoms with Crippen molar-refractivity contribution in [3.05, 3.63) is 69.7 Å². The number of hydrogen-bond acceptors (Lipinski definition) is 1. The van der Waals surface area contributed by atoms with Crippen LogP contribution < -0.4 is 10.1 Å².